The maximum absolute atomic E-state index is 12.4. The molecule has 1 aromatic heterocycles. The molecular formula is C13H13F3N2OS. The number of para-hydroxylation sites is 1. The van der Waals surface area contributed by atoms with Crippen LogP contribution in [0, 0.1) is 0 Å². The van der Waals surface area contributed by atoms with Gasteiger partial charge in [-0.15, -0.1) is 13.2 Å². The molecule has 0 saturated carbocycles. The number of rotatable bonds is 5. The van der Waals surface area contributed by atoms with Gasteiger partial charge in [0.1, 0.15) is 5.75 Å². The van der Waals surface area contributed by atoms with Crippen molar-refractivity contribution in [2.45, 2.75) is 18.8 Å². The van der Waals surface area contributed by atoms with Crippen LogP contribution in [0.3, 0.4) is 0 Å². The third kappa shape index (κ3) is 3.96. The van der Waals surface area contributed by atoms with Crippen LogP contribution >= 0.6 is 11.3 Å². The minimum Gasteiger partial charge on any atom is -0.405 e. The number of hydrazine groups is 1. The van der Waals surface area contributed by atoms with Gasteiger partial charge in [0.05, 0.1) is 6.04 Å². The van der Waals surface area contributed by atoms with Crippen molar-refractivity contribution >= 4 is 11.3 Å². The normalized spacial score (nSPS) is 13.2. The molecule has 108 valence electrons. The van der Waals surface area contributed by atoms with Gasteiger partial charge in [0.2, 0.25) is 0 Å². The third-order valence-electron chi connectivity index (χ3n) is 2.74. The van der Waals surface area contributed by atoms with Crippen molar-refractivity contribution in [3.63, 3.8) is 0 Å². The van der Waals surface area contributed by atoms with Crippen LogP contribution in [-0.2, 0) is 6.42 Å². The Labute approximate surface area is 118 Å². The number of alkyl halides is 3. The van der Waals surface area contributed by atoms with Gasteiger partial charge < -0.3 is 4.74 Å². The van der Waals surface area contributed by atoms with Crippen molar-refractivity contribution in [2.75, 3.05) is 0 Å². The standard InChI is InChI=1S/C13H13F3N2OS/c14-13(15,16)19-12-4-2-1-3-10(12)11(18-17)7-9-5-6-20-8-9/h1-6,8,11,18H,7,17H2. The molecule has 0 aliphatic carbocycles. The molecule has 0 fully saturated rings. The Bertz CT molecular complexity index is 543. The fraction of sp³-hybridized carbons (Fsp3) is 0.231. The number of nitrogens with two attached hydrogens (primary N) is 1. The number of thiophene rings is 1. The number of hydrogen-bond acceptors (Lipinski definition) is 4. The lowest BCUT2D eigenvalue weighted by Crippen LogP contribution is -2.30. The topological polar surface area (TPSA) is 47.3 Å². The van der Waals surface area contributed by atoms with Gasteiger partial charge in [-0.3, -0.25) is 11.3 Å². The molecule has 0 radical (unpaired) electrons. The first-order valence-corrected chi connectivity index (χ1v) is 6.76. The summed E-state index contributed by atoms with van der Waals surface area (Å²) in [5.74, 6) is 5.23. The van der Waals surface area contributed by atoms with E-state index in [0.717, 1.165) is 5.56 Å². The minimum absolute atomic E-state index is 0.238. The Balaban J connectivity index is 2.25. The molecule has 0 aliphatic heterocycles. The van der Waals surface area contributed by atoms with E-state index < -0.39 is 12.4 Å². The van der Waals surface area contributed by atoms with E-state index in [4.69, 9.17) is 5.84 Å². The molecule has 0 amide bonds. The summed E-state index contributed by atoms with van der Waals surface area (Å²) < 4.78 is 41.2. The Kier molecular flexibility index (Phi) is 4.64. The van der Waals surface area contributed by atoms with Crippen LogP contribution in [0.25, 0.3) is 0 Å². The van der Waals surface area contributed by atoms with Crippen molar-refractivity contribution in [3.05, 3.63) is 52.2 Å². The summed E-state index contributed by atoms with van der Waals surface area (Å²) in [6.07, 6.45) is -4.24. The fourth-order valence-electron chi connectivity index (χ4n) is 1.89. The van der Waals surface area contributed by atoms with Gasteiger partial charge in [-0.2, -0.15) is 11.3 Å². The van der Waals surface area contributed by atoms with Crippen molar-refractivity contribution in [2.24, 2.45) is 5.84 Å². The molecule has 1 unspecified atom stereocenters. The van der Waals surface area contributed by atoms with E-state index in [1.54, 1.807) is 12.1 Å². The second-order valence-corrected chi connectivity index (χ2v) is 4.92. The van der Waals surface area contributed by atoms with Crippen molar-refractivity contribution < 1.29 is 17.9 Å². The van der Waals surface area contributed by atoms with Crippen molar-refractivity contribution in [1.82, 2.24) is 5.43 Å². The highest BCUT2D eigenvalue weighted by molar-refractivity contribution is 7.07. The van der Waals surface area contributed by atoms with Crippen LogP contribution in [-0.4, -0.2) is 6.36 Å². The van der Waals surface area contributed by atoms with Gasteiger partial charge in [-0.1, -0.05) is 18.2 Å². The molecule has 3 nitrogen and oxygen atoms in total. The van der Waals surface area contributed by atoms with E-state index >= 15 is 0 Å². The van der Waals surface area contributed by atoms with E-state index in [1.165, 1.54) is 23.5 Å². The maximum atomic E-state index is 12.4. The molecule has 0 bridgehead atoms. The van der Waals surface area contributed by atoms with Gasteiger partial charge in [-0.05, 0) is 34.9 Å². The van der Waals surface area contributed by atoms with Crippen LogP contribution in [0.5, 0.6) is 5.75 Å². The summed E-state index contributed by atoms with van der Waals surface area (Å²) >= 11 is 1.52. The summed E-state index contributed by atoms with van der Waals surface area (Å²) in [5, 5.41) is 3.83. The van der Waals surface area contributed by atoms with Gasteiger partial charge >= 0.3 is 6.36 Å². The molecule has 0 aliphatic rings. The van der Waals surface area contributed by atoms with Crippen LogP contribution in [0.2, 0.25) is 0 Å². The Morgan fingerprint density at radius 1 is 1.25 bits per heavy atom. The molecule has 3 N–H and O–H groups in total. The van der Waals surface area contributed by atoms with Crippen LogP contribution in [0.4, 0.5) is 13.2 Å². The highest BCUT2D eigenvalue weighted by atomic mass is 32.1. The zero-order valence-corrected chi connectivity index (χ0v) is 11.2. The lowest BCUT2D eigenvalue weighted by molar-refractivity contribution is -0.275. The van der Waals surface area contributed by atoms with Crippen LogP contribution in [0.1, 0.15) is 17.2 Å². The number of ether oxygens (including phenoxy) is 1. The average Bonchev–Trinajstić information content (AvgIpc) is 2.88. The minimum atomic E-state index is -4.72. The smallest absolute Gasteiger partial charge is 0.405 e. The predicted molar refractivity (Wildman–Crippen MR) is 71.2 cm³/mol. The number of benzene rings is 1. The fourth-order valence-corrected chi connectivity index (χ4v) is 2.57. The first-order valence-electron chi connectivity index (χ1n) is 5.81. The zero-order chi connectivity index (χ0) is 14.6. The number of nitrogens with one attached hydrogen (secondary N) is 1. The summed E-state index contributed by atoms with van der Waals surface area (Å²) in [5.41, 5.74) is 3.91. The molecule has 7 heteroatoms. The highest BCUT2D eigenvalue weighted by Crippen LogP contribution is 2.31. The third-order valence-corrected chi connectivity index (χ3v) is 3.47. The first kappa shape index (κ1) is 14.8. The quantitative estimate of drug-likeness (QED) is 0.657. The second-order valence-electron chi connectivity index (χ2n) is 4.14. The lowest BCUT2D eigenvalue weighted by Gasteiger charge is -2.20. The zero-order valence-electron chi connectivity index (χ0n) is 10.4. The number of hydrogen-bond donors (Lipinski definition) is 2. The highest BCUT2D eigenvalue weighted by Gasteiger charge is 2.32. The Morgan fingerprint density at radius 3 is 2.60 bits per heavy atom. The summed E-state index contributed by atoms with van der Waals surface area (Å²) in [7, 11) is 0. The monoisotopic (exact) mass is 302 g/mol. The van der Waals surface area contributed by atoms with Gasteiger partial charge in [-0.25, -0.2) is 0 Å². The maximum Gasteiger partial charge on any atom is 0.573 e. The average molecular weight is 302 g/mol. The largest absolute Gasteiger partial charge is 0.573 e. The summed E-state index contributed by atoms with van der Waals surface area (Å²) in [4.78, 5) is 0. The molecule has 0 saturated heterocycles. The molecule has 1 aromatic carbocycles. The van der Waals surface area contributed by atoms with Crippen LogP contribution < -0.4 is 16.0 Å². The summed E-state index contributed by atoms with van der Waals surface area (Å²) in [6.45, 7) is 0. The molecule has 2 aromatic rings. The van der Waals surface area contributed by atoms with Crippen molar-refractivity contribution in [3.8, 4) is 5.75 Å². The SMILES string of the molecule is NNC(Cc1ccsc1)c1ccccc1OC(F)(F)F. The predicted octanol–water partition coefficient (Wildman–Crippen LogP) is 3.39. The summed E-state index contributed by atoms with van der Waals surface area (Å²) in [6, 6.07) is 7.43. The van der Waals surface area contributed by atoms with Crippen LogP contribution in [0.15, 0.2) is 41.1 Å². The second kappa shape index (κ2) is 6.25. The molecule has 20 heavy (non-hydrogen) atoms. The Hall–Kier alpha value is -1.57. The van der Waals surface area contributed by atoms with E-state index in [0.29, 0.717) is 12.0 Å². The number of halogens is 3. The van der Waals surface area contributed by atoms with Gasteiger partial charge in [0, 0.05) is 5.56 Å². The van der Waals surface area contributed by atoms with Crippen molar-refractivity contribution in [1.29, 1.82) is 0 Å². The van der Waals surface area contributed by atoms with E-state index in [9.17, 15) is 13.2 Å². The molecule has 1 heterocycles. The van der Waals surface area contributed by atoms with Gasteiger partial charge in [0.25, 0.3) is 0 Å². The lowest BCUT2D eigenvalue weighted by atomic mass is 10.0. The van der Waals surface area contributed by atoms with E-state index in [2.05, 4.69) is 10.2 Å². The van der Waals surface area contributed by atoms with Gasteiger partial charge in [0.15, 0.2) is 0 Å². The first-order chi connectivity index (χ1) is 9.49. The Morgan fingerprint density at radius 2 is 2.00 bits per heavy atom. The van der Waals surface area contributed by atoms with E-state index in [1.807, 2.05) is 16.8 Å². The molecule has 1 atom stereocenters. The van der Waals surface area contributed by atoms with E-state index in [-0.39, 0.29) is 5.75 Å². The molecule has 2 rings (SSSR count). The molecular weight excluding hydrogens is 289 g/mol. The molecule has 0 spiro atoms.